The van der Waals surface area contributed by atoms with Gasteiger partial charge in [-0.05, 0) is 25.3 Å². The van der Waals surface area contributed by atoms with Crippen LogP contribution in [0.2, 0.25) is 0 Å². The smallest absolute Gasteiger partial charge is 0.259 e. The van der Waals surface area contributed by atoms with Crippen LogP contribution in [-0.4, -0.2) is 29.2 Å². The molecular formula is C14H15N3O2S. The molecule has 1 N–H and O–H groups in total. The van der Waals surface area contributed by atoms with Crippen LogP contribution in [-0.2, 0) is 0 Å². The minimum Gasteiger partial charge on any atom is -0.495 e. The standard InChI is InChI=1S/C14H15N3O2S/c1-9-10(8-15-14(16-9)20-3)13(18)17-11-6-4-5-7-12(11)19-2/h4-8H,1-3H3,(H,17,18). The first-order valence-corrected chi connectivity index (χ1v) is 7.20. The van der Waals surface area contributed by atoms with E-state index in [4.69, 9.17) is 4.74 Å². The molecule has 20 heavy (non-hydrogen) atoms. The van der Waals surface area contributed by atoms with Gasteiger partial charge in [0, 0.05) is 6.20 Å². The molecule has 0 unspecified atom stereocenters. The number of para-hydroxylation sites is 2. The Kier molecular flexibility index (Phi) is 4.57. The fourth-order valence-corrected chi connectivity index (χ4v) is 2.09. The molecule has 0 aliphatic rings. The summed E-state index contributed by atoms with van der Waals surface area (Å²) in [6.07, 6.45) is 3.43. The van der Waals surface area contributed by atoms with Crippen LogP contribution in [0.3, 0.4) is 0 Å². The molecule has 0 aliphatic carbocycles. The summed E-state index contributed by atoms with van der Waals surface area (Å²) in [6, 6.07) is 7.24. The van der Waals surface area contributed by atoms with Crippen molar-refractivity contribution in [2.24, 2.45) is 0 Å². The largest absolute Gasteiger partial charge is 0.495 e. The van der Waals surface area contributed by atoms with E-state index in [1.807, 2.05) is 18.4 Å². The third-order valence-electron chi connectivity index (χ3n) is 2.74. The predicted octanol–water partition coefficient (Wildman–Crippen LogP) is 2.77. The van der Waals surface area contributed by atoms with Crippen molar-refractivity contribution in [2.45, 2.75) is 12.1 Å². The lowest BCUT2D eigenvalue weighted by Crippen LogP contribution is -2.15. The van der Waals surface area contributed by atoms with Crippen LogP contribution >= 0.6 is 11.8 Å². The summed E-state index contributed by atoms with van der Waals surface area (Å²) in [4.78, 5) is 20.6. The van der Waals surface area contributed by atoms with Gasteiger partial charge in [0.2, 0.25) is 0 Å². The topological polar surface area (TPSA) is 64.1 Å². The van der Waals surface area contributed by atoms with Gasteiger partial charge in [0.25, 0.3) is 5.91 Å². The highest BCUT2D eigenvalue weighted by atomic mass is 32.2. The predicted molar refractivity (Wildman–Crippen MR) is 79.5 cm³/mol. The second-order valence-electron chi connectivity index (χ2n) is 4.01. The lowest BCUT2D eigenvalue weighted by molar-refractivity contribution is 0.102. The number of nitrogens with one attached hydrogen (secondary N) is 1. The highest BCUT2D eigenvalue weighted by Crippen LogP contribution is 2.24. The molecule has 1 aromatic carbocycles. The number of benzene rings is 1. The zero-order chi connectivity index (χ0) is 14.5. The Balaban J connectivity index is 2.24. The third kappa shape index (κ3) is 3.08. The van der Waals surface area contributed by atoms with Gasteiger partial charge in [-0.3, -0.25) is 4.79 Å². The highest BCUT2D eigenvalue weighted by Gasteiger charge is 2.13. The first kappa shape index (κ1) is 14.3. The molecule has 0 aliphatic heterocycles. The number of thioether (sulfide) groups is 1. The number of ether oxygens (including phenoxy) is 1. The van der Waals surface area contributed by atoms with Gasteiger partial charge in [0.15, 0.2) is 5.16 Å². The molecule has 1 aromatic heterocycles. The van der Waals surface area contributed by atoms with Gasteiger partial charge >= 0.3 is 0 Å². The van der Waals surface area contributed by atoms with E-state index in [0.717, 1.165) is 0 Å². The van der Waals surface area contributed by atoms with Crippen molar-refractivity contribution in [2.75, 3.05) is 18.7 Å². The van der Waals surface area contributed by atoms with Crippen molar-refractivity contribution in [3.8, 4) is 5.75 Å². The van der Waals surface area contributed by atoms with E-state index in [-0.39, 0.29) is 5.91 Å². The van der Waals surface area contributed by atoms with Gasteiger partial charge in [0.05, 0.1) is 24.1 Å². The Morgan fingerprint density at radius 2 is 2.10 bits per heavy atom. The molecule has 104 valence electrons. The number of rotatable bonds is 4. The summed E-state index contributed by atoms with van der Waals surface area (Å²) in [6.45, 7) is 1.79. The van der Waals surface area contributed by atoms with Gasteiger partial charge in [-0.15, -0.1) is 0 Å². The van der Waals surface area contributed by atoms with Crippen LogP contribution in [0.15, 0.2) is 35.6 Å². The Hall–Kier alpha value is -2.08. The maximum absolute atomic E-state index is 12.2. The Morgan fingerprint density at radius 1 is 1.35 bits per heavy atom. The van der Waals surface area contributed by atoms with E-state index in [2.05, 4.69) is 15.3 Å². The number of amides is 1. The maximum Gasteiger partial charge on any atom is 0.259 e. The summed E-state index contributed by atoms with van der Waals surface area (Å²) in [5.41, 5.74) is 1.72. The summed E-state index contributed by atoms with van der Waals surface area (Å²) < 4.78 is 5.20. The summed E-state index contributed by atoms with van der Waals surface area (Å²) in [7, 11) is 1.56. The summed E-state index contributed by atoms with van der Waals surface area (Å²) in [5, 5.41) is 3.45. The zero-order valence-electron chi connectivity index (χ0n) is 11.5. The average molecular weight is 289 g/mol. The van der Waals surface area contributed by atoms with Gasteiger partial charge in [-0.2, -0.15) is 0 Å². The van der Waals surface area contributed by atoms with Crippen molar-refractivity contribution in [1.29, 1.82) is 0 Å². The lowest BCUT2D eigenvalue weighted by Gasteiger charge is -2.10. The summed E-state index contributed by atoms with van der Waals surface area (Å²) in [5.74, 6) is 0.361. The summed E-state index contributed by atoms with van der Waals surface area (Å²) >= 11 is 1.44. The second kappa shape index (κ2) is 6.38. The molecular weight excluding hydrogens is 274 g/mol. The normalized spacial score (nSPS) is 10.2. The Labute approximate surface area is 121 Å². The molecule has 2 rings (SSSR count). The van der Waals surface area contributed by atoms with E-state index < -0.39 is 0 Å². The van der Waals surface area contributed by atoms with Crippen molar-refractivity contribution in [1.82, 2.24) is 9.97 Å². The zero-order valence-corrected chi connectivity index (χ0v) is 12.3. The number of anilines is 1. The van der Waals surface area contributed by atoms with Gasteiger partial charge in [-0.25, -0.2) is 9.97 Å². The molecule has 0 atom stereocenters. The van der Waals surface area contributed by atoms with E-state index in [1.54, 1.807) is 32.4 Å². The van der Waals surface area contributed by atoms with Crippen LogP contribution in [0.5, 0.6) is 5.75 Å². The van der Waals surface area contributed by atoms with Crippen LogP contribution in [0.1, 0.15) is 16.1 Å². The monoisotopic (exact) mass is 289 g/mol. The van der Waals surface area contributed by atoms with E-state index in [0.29, 0.717) is 27.9 Å². The van der Waals surface area contributed by atoms with Crippen molar-refractivity contribution < 1.29 is 9.53 Å². The Morgan fingerprint density at radius 3 is 2.75 bits per heavy atom. The second-order valence-corrected chi connectivity index (χ2v) is 4.78. The number of methoxy groups -OCH3 is 1. The number of carbonyl (C=O) groups excluding carboxylic acids is 1. The fourth-order valence-electron chi connectivity index (χ4n) is 1.70. The molecule has 0 saturated heterocycles. The Bertz CT molecular complexity index is 632. The molecule has 0 radical (unpaired) electrons. The van der Waals surface area contributed by atoms with Crippen molar-refractivity contribution in [3.63, 3.8) is 0 Å². The first-order valence-electron chi connectivity index (χ1n) is 5.97. The lowest BCUT2D eigenvalue weighted by atomic mass is 10.2. The molecule has 1 heterocycles. The van der Waals surface area contributed by atoms with E-state index in [9.17, 15) is 4.79 Å². The van der Waals surface area contributed by atoms with Gasteiger partial charge < -0.3 is 10.1 Å². The van der Waals surface area contributed by atoms with Crippen molar-refractivity contribution >= 4 is 23.4 Å². The van der Waals surface area contributed by atoms with E-state index >= 15 is 0 Å². The van der Waals surface area contributed by atoms with Crippen LogP contribution in [0.4, 0.5) is 5.69 Å². The van der Waals surface area contributed by atoms with Crippen LogP contribution < -0.4 is 10.1 Å². The van der Waals surface area contributed by atoms with Gasteiger partial charge in [-0.1, -0.05) is 23.9 Å². The van der Waals surface area contributed by atoms with Crippen LogP contribution in [0.25, 0.3) is 0 Å². The van der Waals surface area contributed by atoms with Crippen LogP contribution in [0, 0.1) is 6.92 Å². The maximum atomic E-state index is 12.2. The molecule has 0 saturated carbocycles. The first-order chi connectivity index (χ1) is 9.65. The average Bonchev–Trinajstić information content (AvgIpc) is 2.47. The van der Waals surface area contributed by atoms with E-state index in [1.165, 1.54) is 11.8 Å². The molecule has 6 heteroatoms. The van der Waals surface area contributed by atoms with Crippen molar-refractivity contribution in [3.05, 3.63) is 41.7 Å². The molecule has 0 spiro atoms. The fraction of sp³-hybridized carbons (Fsp3) is 0.214. The minimum absolute atomic E-state index is 0.250. The molecule has 0 bridgehead atoms. The molecule has 0 fully saturated rings. The number of hydrogen-bond acceptors (Lipinski definition) is 5. The minimum atomic E-state index is -0.250. The quantitative estimate of drug-likeness (QED) is 0.692. The number of nitrogens with zero attached hydrogens (tertiary/aromatic N) is 2. The molecule has 2 aromatic rings. The highest BCUT2D eigenvalue weighted by molar-refractivity contribution is 7.98. The number of aryl methyl sites for hydroxylation is 1. The number of hydrogen-bond donors (Lipinski definition) is 1. The number of carbonyl (C=O) groups is 1. The number of aromatic nitrogens is 2. The van der Waals surface area contributed by atoms with Gasteiger partial charge in [0.1, 0.15) is 5.75 Å². The SMILES string of the molecule is COc1ccccc1NC(=O)c1cnc(SC)nc1C. The molecule has 1 amide bonds. The third-order valence-corrected chi connectivity index (χ3v) is 3.30. The molecule has 5 nitrogen and oxygen atoms in total.